The quantitative estimate of drug-likeness (QED) is 0.813. The molecule has 5 nitrogen and oxygen atoms in total. The molecule has 1 aromatic rings. The molecule has 1 unspecified atom stereocenters. The molecule has 0 amide bonds. The minimum Gasteiger partial charge on any atom is -0.368 e. The number of H-pyrrole nitrogens is 1. The molecule has 0 aliphatic carbocycles. The van der Waals surface area contributed by atoms with Crippen LogP contribution in [0.1, 0.15) is 25.6 Å². The SMILES string of the molecule is CCc1nc(NCC2CCCN2C)cc(=O)[nH]1. The zero-order valence-corrected chi connectivity index (χ0v) is 10.5. The van der Waals surface area contributed by atoms with Gasteiger partial charge >= 0.3 is 0 Å². The Morgan fingerprint density at radius 2 is 2.47 bits per heavy atom. The average molecular weight is 236 g/mol. The van der Waals surface area contributed by atoms with E-state index in [1.165, 1.54) is 18.9 Å². The summed E-state index contributed by atoms with van der Waals surface area (Å²) in [6.07, 6.45) is 3.22. The maximum absolute atomic E-state index is 11.4. The van der Waals surface area contributed by atoms with E-state index in [0.717, 1.165) is 25.3 Å². The molecular formula is C12H20N4O. The number of aromatic nitrogens is 2. The van der Waals surface area contributed by atoms with Gasteiger partial charge in [-0.1, -0.05) is 6.92 Å². The van der Waals surface area contributed by atoms with Crippen molar-refractivity contribution in [3.05, 3.63) is 22.2 Å². The minimum absolute atomic E-state index is 0.0841. The van der Waals surface area contributed by atoms with E-state index in [2.05, 4.69) is 27.2 Å². The number of rotatable bonds is 4. The van der Waals surface area contributed by atoms with E-state index in [9.17, 15) is 4.79 Å². The Labute approximate surface area is 101 Å². The molecule has 1 aliphatic heterocycles. The van der Waals surface area contributed by atoms with Crippen LogP contribution in [0.3, 0.4) is 0 Å². The standard InChI is InChI=1S/C12H20N4O/c1-3-10-14-11(7-12(17)15-10)13-8-9-5-4-6-16(9)2/h7,9H,3-6,8H2,1-2H3,(H2,13,14,15,17). The largest absolute Gasteiger partial charge is 0.368 e. The molecule has 2 N–H and O–H groups in total. The zero-order chi connectivity index (χ0) is 12.3. The number of nitrogens with zero attached hydrogens (tertiary/aromatic N) is 2. The van der Waals surface area contributed by atoms with Gasteiger partial charge in [-0.05, 0) is 26.4 Å². The first-order chi connectivity index (χ1) is 8.19. The van der Waals surface area contributed by atoms with Crippen LogP contribution in [0.2, 0.25) is 0 Å². The van der Waals surface area contributed by atoms with Gasteiger partial charge in [0.05, 0.1) is 0 Å². The van der Waals surface area contributed by atoms with Crippen molar-refractivity contribution >= 4 is 5.82 Å². The van der Waals surface area contributed by atoms with E-state index in [-0.39, 0.29) is 5.56 Å². The van der Waals surface area contributed by atoms with Gasteiger partial charge in [-0.25, -0.2) is 4.98 Å². The second kappa shape index (κ2) is 5.31. The Morgan fingerprint density at radius 1 is 1.65 bits per heavy atom. The summed E-state index contributed by atoms with van der Waals surface area (Å²) in [7, 11) is 2.14. The molecule has 1 saturated heterocycles. The maximum Gasteiger partial charge on any atom is 0.252 e. The van der Waals surface area contributed by atoms with Crippen LogP contribution in [0.25, 0.3) is 0 Å². The molecule has 0 saturated carbocycles. The van der Waals surface area contributed by atoms with Crippen molar-refractivity contribution in [1.82, 2.24) is 14.9 Å². The van der Waals surface area contributed by atoms with Crippen molar-refractivity contribution in [1.29, 1.82) is 0 Å². The van der Waals surface area contributed by atoms with Crippen molar-refractivity contribution < 1.29 is 0 Å². The van der Waals surface area contributed by atoms with Gasteiger partial charge < -0.3 is 15.2 Å². The number of nitrogens with one attached hydrogen (secondary N) is 2. The Kier molecular flexibility index (Phi) is 3.78. The second-order valence-electron chi connectivity index (χ2n) is 4.59. The number of likely N-dealkylation sites (N-methyl/N-ethyl adjacent to an activating group) is 1. The lowest BCUT2D eigenvalue weighted by atomic mass is 10.2. The molecule has 1 aromatic heterocycles. The number of likely N-dealkylation sites (tertiary alicyclic amines) is 1. The monoisotopic (exact) mass is 236 g/mol. The molecule has 0 aromatic carbocycles. The number of hydrogen-bond acceptors (Lipinski definition) is 4. The summed E-state index contributed by atoms with van der Waals surface area (Å²) in [4.78, 5) is 20.8. The molecule has 0 radical (unpaired) electrons. The van der Waals surface area contributed by atoms with Gasteiger partial charge in [0, 0.05) is 25.1 Å². The Bertz CT molecular complexity index is 429. The van der Waals surface area contributed by atoms with E-state index in [1.54, 1.807) is 0 Å². The van der Waals surface area contributed by atoms with Gasteiger partial charge in [0.15, 0.2) is 0 Å². The van der Waals surface area contributed by atoms with Crippen LogP contribution in [0.15, 0.2) is 10.9 Å². The van der Waals surface area contributed by atoms with E-state index < -0.39 is 0 Å². The third-order valence-corrected chi connectivity index (χ3v) is 3.32. The van der Waals surface area contributed by atoms with Gasteiger partial charge in [-0.15, -0.1) is 0 Å². The van der Waals surface area contributed by atoms with Gasteiger partial charge in [-0.2, -0.15) is 0 Å². The summed E-state index contributed by atoms with van der Waals surface area (Å²) in [6.45, 7) is 4.00. The lowest BCUT2D eigenvalue weighted by molar-refractivity contribution is 0.322. The highest BCUT2D eigenvalue weighted by Crippen LogP contribution is 2.14. The highest BCUT2D eigenvalue weighted by molar-refractivity contribution is 5.33. The summed E-state index contributed by atoms with van der Waals surface area (Å²) in [6, 6.07) is 2.08. The fraction of sp³-hybridized carbons (Fsp3) is 0.667. The molecule has 2 heterocycles. The smallest absolute Gasteiger partial charge is 0.252 e. The van der Waals surface area contributed by atoms with E-state index >= 15 is 0 Å². The van der Waals surface area contributed by atoms with Crippen molar-refractivity contribution in [2.45, 2.75) is 32.2 Å². The molecule has 17 heavy (non-hydrogen) atoms. The van der Waals surface area contributed by atoms with Crippen molar-refractivity contribution in [3.63, 3.8) is 0 Å². The Morgan fingerprint density at radius 3 is 3.12 bits per heavy atom. The normalized spacial score (nSPS) is 20.7. The predicted octanol–water partition coefficient (Wildman–Crippen LogP) is 0.838. The first-order valence-electron chi connectivity index (χ1n) is 6.23. The number of hydrogen-bond donors (Lipinski definition) is 2. The predicted molar refractivity (Wildman–Crippen MR) is 68.4 cm³/mol. The number of anilines is 1. The van der Waals surface area contributed by atoms with Crippen LogP contribution in [0, 0.1) is 0 Å². The first kappa shape index (κ1) is 12.1. The van der Waals surface area contributed by atoms with E-state index in [4.69, 9.17) is 0 Å². The highest BCUT2D eigenvalue weighted by Gasteiger charge is 2.20. The maximum atomic E-state index is 11.4. The number of aryl methyl sites for hydroxylation is 1. The molecule has 1 aliphatic rings. The van der Waals surface area contributed by atoms with Crippen LogP contribution in [-0.2, 0) is 6.42 Å². The Balaban J connectivity index is 1.98. The first-order valence-corrected chi connectivity index (χ1v) is 6.23. The van der Waals surface area contributed by atoms with E-state index in [1.807, 2.05) is 6.92 Å². The molecule has 94 valence electrons. The van der Waals surface area contributed by atoms with Crippen molar-refractivity contribution in [2.75, 3.05) is 25.5 Å². The van der Waals surface area contributed by atoms with Gasteiger partial charge in [-0.3, -0.25) is 4.79 Å². The summed E-state index contributed by atoms with van der Waals surface area (Å²) < 4.78 is 0. The van der Waals surface area contributed by atoms with Gasteiger partial charge in [0.25, 0.3) is 5.56 Å². The lowest BCUT2D eigenvalue weighted by Gasteiger charge is -2.19. The summed E-state index contributed by atoms with van der Waals surface area (Å²) >= 11 is 0. The minimum atomic E-state index is -0.0841. The molecule has 1 fully saturated rings. The third kappa shape index (κ3) is 3.06. The Hall–Kier alpha value is -1.36. The average Bonchev–Trinajstić information content (AvgIpc) is 2.71. The fourth-order valence-corrected chi connectivity index (χ4v) is 2.23. The summed E-state index contributed by atoms with van der Waals surface area (Å²) in [5.74, 6) is 1.42. The van der Waals surface area contributed by atoms with Crippen LogP contribution in [-0.4, -0.2) is 41.0 Å². The van der Waals surface area contributed by atoms with Gasteiger partial charge in [0.2, 0.25) is 0 Å². The van der Waals surface area contributed by atoms with Gasteiger partial charge in [0.1, 0.15) is 11.6 Å². The van der Waals surface area contributed by atoms with Crippen LogP contribution >= 0.6 is 0 Å². The lowest BCUT2D eigenvalue weighted by Crippen LogP contribution is -2.32. The second-order valence-corrected chi connectivity index (χ2v) is 4.59. The zero-order valence-electron chi connectivity index (χ0n) is 10.5. The molecule has 1 atom stereocenters. The third-order valence-electron chi connectivity index (χ3n) is 3.32. The fourth-order valence-electron chi connectivity index (χ4n) is 2.23. The summed E-state index contributed by atoms with van der Waals surface area (Å²) in [5, 5.41) is 3.26. The van der Waals surface area contributed by atoms with Crippen molar-refractivity contribution in [3.8, 4) is 0 Å². The van der Waals surface area contributed by atoms with Crippen LogP contribution in [0.5, 0.6) is 0 Å². The van der Waals surface area contributed by atoms with Crippen molar-refractivity contribution in [2.24, 2.45) is 0 Å². The molecule has 2 rings (SSSR count). The number of aromatic amines is 1. The molecular weight excluding hydrogens is 216 g/mol. The molecule has 5 heteroatoms. The molecule has 0 bridgehead atoms. The summed E-state index contributed by atoms with van der Waals surface area (Å²) in [5.41, 5.74) is -0.0841. The molecule has 0 spiro atoms. The topological polar surface area (TPSA) is 61.0 Å². The van der Waals surface area contributed by atoms with Crippen LogP contribution in [0.4, 0.5) is 5.82 Å². The van der Waals surface area contributed by atoms with Crippen LogP contribution < -0.4 is 10.9 Å². The highest BCUT2D eigenvalue weighted by atomic mass is 16.1. The van der Waals surface area contributed by atoms with E-state index in [0.29, 0.717) is 11.9 Å².